The quantitative estimate of drug-likeness (QED) is 0.576. The van der Waals surface area contributed by atoms with E-state index in [1.807, 2.05) is 12.1 Å². The smallest absolute Gasteiger partial charge is 0.279 e. The highest BCUT2D eigenvalue weighted by Crippen LogP contribution is 2.21. The number of anilines is 1. The molecular weight excluding hydrogens is 386 g/mol. The molecule has 1 aliphatic rings. The fourth-order valence-electron chi connectivity index (χ4n) is 4.17. The van der Waals surface area contributed by atoms with Crippen molar-refractivity contribution >= 4 is 11.6 Å². The van der Waals surface area contributed by atoms with Gasteiger partial charge in [-0.2, -0.15) is 0 Å². The molecule has 0 unspecified atom stereocenters. The molecule has 0 spiro atoms. The van der Waals surface area contributed by atoms with E-state index in [0.717, 1.165) is 38.5 Å². The highest BCUT2D eigenvalue weighted by Gasteiger charge is 2.21. The maximum Gasteiger partial charge on any atom is 0.279 e. The summed E-state index contributed by atoms with van der Waals surface area (Å²) in [7, 11) is 0. The van der Waals surface area contributed by atoms with Crippen molar-refractivity contribution in [2.75, 3.05) is 38.2 Å². The van der Waals surface area contributed by atoms with Gasteiger partial charge in [-0.3, -0.25) is 4.79 Å². The summed E-state index contributed by atoms with van der Waals surface area (Å²) in [6, 6.07) is 17.4. The Balaban J connectivity index is 1.50. The molecule has 0 aromatic heterocycles. The van der Waals surface area contributed by atoms with Gasteiger partial charge in [0.25, 0.3) is 5.91 Å². The largest absolute Gasteiger partial charge is 0.370 e. The van der Waals surface area contributed by atoms with Crippen molar-refractivity contribution in [1.82, 2.24) is 0 Å². The molecule has 1 amide bonds. The first kappa shape index (κ1) is 23.5. The standard InChI is InChI=1S/C26H37N3O2/c1-19(2)22-7-9-23(10-8-22)26(20(3)4)27-17-25(30)28-24-11-5-21(6-12-24)18-29-13-15-31-16-14-29/h5-12,19-20,26-27H,13-18H2,1-4H3,(H,28,30)/p+2/t26-/m0/s1. The molecule has 1 fully saturated rings. The van der Waals surface area contributed by atoms with E-state index in [0.29, 0.717) is 18.4 Å². The Morgan fingerprint density at radius 2 is 1.58 bits per heavy atom. The van der Waals surface area contributed by atoms with Crippen LogP contribution in [0, 0.1) is 5.92 Å². The Morgan fingerprint density at radius 1 is 0.968 bits per heavy atom. The van der Waals surface area contributed by atoms with Gasteiger partial charge in [0, 0.05) is 22.7 Å². The average Bonchev–Trinajstić information content (AvgIpc) is 2.76. The summed E-state index contributed by atoms with van der Waals surface area (Å²) in [5, 5.41) is 5.20. The highest BCUT2D eigenvalue weighted by molar-refractivity contribution is 5.91. The van der Waals surface area contributed by atoms with Crippen LogP contribution < -0.4 is 15.5 Å². The van der Waals surface area contributed by atoms with Gasteiger partial charge in [-0.1, -0.05) is 64.1 Å². The number of rotatable bonds is 9. The van der Waals surface area contributed by atoms with Crippen molar-refractivity contribution in [1.29, 1.82) is 0 Å². The number of nitrogens with two attached hydrogens (primary N) is 1. The summed E-state index contributed by atoms with van der Waals surface area (Å²) < 4.78 is 5.43. The van der Waals surface area contributed by atoms with Gasteiger partial charge in [-0.05, 0) is 23.6 Å². The first-order valence-corrected chi connectivity index (χ1v) is 11.7. The third kappa shape index (κ3) is 7.17. The predicted molar refractivity (Wildman–Crippen MR) is 125 cm³/mol. The molecule has 1 aliphatic heterocycles. The summed E-state index contributed by atoms with van der Waals surface area (Å²) in [5.41, 5.74) is 4.79. The first-order chi connectivity index (χ1) is 14.9. The summed E-state index contributed by atoms with van der Waals surface area (Å²) in [4.78, 5) is 14.1. The SMILES string of the molecule is CC(C)c1ccc([C@@H]([NH2+]CC(=O)Nc2ccc(C[NH+]3CCOCC3)cc2)C(C)C)cc1. The number of ether oxygens (including phenoxy) is 1. The summed E-state index contributed by atoms with van der Waals surface area (Å²) in [5.74, 6) is 1.01. The Labute approximate surface area is 187 Å². The lowest BCUT2D eigenvalue weighted by Gasteiger charge is -2.23. The molecule has 2 aromatic carbocycles. The summed E-state index contributed by atoms with van der Waals surface area (Å²) >= 11 is 0. The Morgan fingerprint density at radius 3 is 2.16 bits per heavy atom. The summed E-state index contributed by atoms with van der Waals surface area (Å²) in [6.07, 6.45) is 0. The molecule has 5 nitrogen and oxygen atoms in total. The van der Waals surface area contributed by atoms with Crippen molar-refractivity contribution in [2.45, 2.75) is 46.2 Å². The topological polar surface area (TPSA) is 59.4 Å². The number of carbonyl (C=O) groups is 1. The molecule has 31 heavy (non-hydrogen) atoms. The fourth-order valence-corrected chi connectivity index (χ4v) is 4.17. The molecule has 2 aromatic rings. The van der Waals surface area contributed by atoms with Gasteiger partial charge in [-0.25, -0.2) is 0 Å². The predicted octanol–water partition coefficient (Wildman–Crippen LogP) is 2.12. The molecule has 1 heterocycles. The first-order valence-electron chi connectivity index (χ1n) is 11.7. The van der Waals surface area contributed by atoms with Gasteiger partial charge >= 0.3 is 0 Å². The number of carbonyl (C=O) groups excluding carboxylic acids is 1. The normalized spacial score (nSPS) is 15.9. The second-order valence-electron chi connectivity index (χ2n) is 9.32. The lowest BCUT2D eigenvalue weighted by Crippen LogP contribution is -3.12. The van der Waals surface area contributed by atoms with Crippen molar-refractivity contribution in [2.24, 2.45) is 5.92 Å². The minimum Gasteiger partial charge on any atom is -0.370 e. The van der Waals surface area contributed by atoms with Crippen LogP contribution in [0.3, 0.4) is 0 Å². The number of amides is 1. The van der Waals surface area contributed by atoms with E-state index in [1.165, 1.54) is 16.7 Å². The lowest BCUT2D eigenvalue weighted by atomic mass is 9.93. The van der Waals surface area contributed by atoms with E-state index in [1.54, 1.807) is 4.90 Å². The lowest BCUT2D eigenvalue weighted by molar-refractivity contribution is -0.921. The third-order valence-corrected chi connectivity index (χ3v) is 6.16. The molecule has 1 atom stereocenters. The molecule has 0 radical (unpaired) electrons. The van der Waals surface area contributed by atoms with Crippen LogP contribution in [0.25, 0.3) is 0 Å². The Kier molecular flexibility index (Phi) is 8.64. The molecule has 4 N–H and O–H groups in total. The van der Waals surface area contributed by atoms with Gasteiger partial charge in [0.15, 0.2) is 6.54 Å². The van der Waals surface area contributed by atoms with Crippen LogP contribution in [0.2, 0.25) is 0 Å². The summed E-state index contributed by atoms with van der Waals surface area (Å²) in [6.45, 7) is 14.1. The average molecular weight is 426 g/mol. The number of nitrogens with one attached hydrogen (secondary N) is 2. The zero-order chi connectivity index (χ0) is 22.2. The molecule has 1 saturated heterocycles. The zero-order valence-corrected chi connectivity index (χ0v) is 19.5. The van der Waals surface area contributed by atoms with Gasteiger partial charge in [0.2, 0.25) is 0 Å². The Bertz CT molecular complexity index is 810. The third-order valence-electron chi connectivity index (χ3n) is 6.16. The van der Waals surface area contributed by atoms with E-state index >= 15 is 0 Å². The number of hydrogen-bond donors (Lipinski definition) is 3. The zero-order valence-electron chi connectivity index (χ0n) is 19.5. The maximum atomic E-state index is 12.6. The van der Waals surface area contributed by atoms with Crippen molar-refractivity contribution in [3.8, 4) is 0 Å². The Hall–Kier alpha value is -2.21. The second kappa shape index (κ2) is 11.4. The van der Waals surface area contributed by atoms with Crippen LogP contribution in [0.5, 0.6) is 0 Å². The number of hydrogen-bond acceptors (Lipinski definition) is 2. The minimum atomic E-state index is 0.0380. The van der Waals surface area contributed by atoms with Crippen LogP contribution >= 0.6 is 0 Å². The number of morpholine rings is 1. The van der Waals surface area contributed by atoms with E-state index < -0.39 is 0 Å². The number of benzene rings is 2. The second-order valence-corrected chi connectivity index (χ2v) is 9.32. The van der Waals surface area contributed by atoms with Gasteiger partial charge in [0.1, 0.15) is 25.7 Å². The van der Waals surface area contributed by atoms with E-state index in [9.17, 15) is 4.79 Å². The fraction of sp³-hybridized carbons (Fsp3) is 0.500. The molecule has 3 rings (SSSR count). The van der Waals surface area contributed by atoms with Crippen LogP contribution in [-0.2, 0) is 16.1 Å². The molecule has 0 bridgehead atoms. The molecule has 0 aliphatic carbocycles. The van der Waals surface area contributed by atoms with E-state index in [-0.39, 0.29) is 11.9 Å². The van der Waals surface area contributed by atoms with Gasteiger partial charge in [0.05, 0.1) is 13.2 Å². The van der Waals surface area contributed by atoms with Gasteiger partial charge in [-0.15, -0.1) is 0 Å². The van der Waals surface area contributed by atoms with E-state index in [2.05, 4.69) is 74.7 Å². The van der Waals surface area contributed by atoms with Crippen LogP contribution in [0.1, 0.15) is 56.3 Å². The molecule has 5 heteroatoms. The van der Waals surface area contributed by atoms with Crippen molar-refractivity contribution in [3.63, 3.8) is 0 Å². The molecule has 0 saturated carbocycles. The van der Waals surface area contributed by atoms with Crippen LogP contribution in [0.4, 0.5) is 5.69 Å². The van der Waals surface area contributed by atoms with Crippen LogP contribution in [0.15, 0.2) is 48.5 Å². The van der Waals surface area contributed by atoms with Gasteiger partial charge < -0.3 is 20.3 Å². The maximum absolute atomic E-state index is 12.6. The monoisotopic (exact) mass is 425 g/mol. The van der Waals surface area contributed by atoms with Crippen molar-refractivity contribution in [3.05, 3.63) is 65.2 Å². The molecule has 168 valence electrons. The minimum absolute atomic E-state index is 0.0380. The number of quaternary nitrogens is 2. The molecular formula is C26H39N3O2+2. The highest BCUT2D eigenvalue weighted by atomic mass is 16.5. The van der Waals surface area contributed by atoms with E-state index in [4.69, 9.17) is 4.74 Å². The van der Waals surface area contributed by atoms with Crippen LogP contribution in [-0.4, -0.2) is 38.8 Å². The van der Waals surface area contributed by atoms with Crippen molar-refractivity contribution < 1.29 is 19.7 Å².